The van der Waals surface area contributed by atoms with Gasteiger partial charge in [-0.25, -0.2) is 0 Å². The van der Waals surface area contributed by atoms with Crippen LogP contribution in [0.1, 0.15) is 50.5 Å². The van der Waals surface area contributed by atoms with E-state index in [9.17, 15) is 0 Å². The van der Waals surface area contributed by atoms with Crippen LogP contribution in [0.5, 0.6) is 11.5 Å². The Morgan fingerprint density at radius 1 is 1.14 bits per heavy atom. The molecule has 1 aliphatic carbocycles. The predicted molar refractivity (Wildman–Crippen MR) is 87.4 cm³/mol. The highest BCUT2D eigenvalue weighted by molar-refractivity contribution is 5.43. The molecule has 118 valence electrons. The van der Waals surface area contributed by atoms with Crippen molar-refractivity contribution in [1.29, 1.82) is 0 Å². The summed E-state index contributed by atoms with van der Waals surface area (Å²) in [5, 5.41) is 3.60. The van der Waals surface area contributed by atoms with E-state index < -0.39 is 0 Å². The lowest BCUT2D eigenvalue weighted by Crippen LogP contribution is -2.30. The van der Waals surface area contributed by atoms with Gasteiger partial charge in [-0.3, -0.25) is 0 Å². The van der Waals surface area contributed by atoms with E-state index in [1.165, 1.54) is 37.7 Å². The van der Waals surface area contributed by atoms with E-state index >= 15 is 0 Å². The highest BCUT2D eigenvalue weighted by Crippen LogP contribution is 2.42. The van der Waals surface area contributed by atoms with Crippen molar-refractivity contribution in [1.82, 2.24) is 5.32 Å². The van der Waals surface area contributed by atoms with Gasteiger partial charge in [0.2, 0.25) is 0 Å². The average molecular weight is 291 g/mol. The van der Waals surface area contributed by atoms with Crippen molar-refractivity contribution in [3.05, 3.63) is 23.8 Å². The lowest BCUT2D eigenvalue weighted by atomic mass is 9.75. The summed E-state index contributed by atoms with van der Waals surface area (Å²) in [5.74, 6) is 3.21. The SMILES string of the molecule is CCCNCC1CCCCC1c1cc(OC)ccc1OC. The van der Waals surface area contributed by atoms with Crippen LogP contribution in [0, 0.1) is 5.92 Å². The van der Waals surface area contributed by atoms with Gasteiger partial charge in [-0.1, -0.05) is 19.8 Å². The van der Waals surface area contributed by atoms with Gasteiger partial charge in [0.1, 0.15) is 11.5 Å². The van der Waals surface area contributed by atoms with Crippen LogP contribution in [0.2, 0.25) is 0 Å². The zero-order valence-electron chi connectivity index (χ0n) is 13.7. The van der Waals surface area contributed by atoms with Crippen LogP contribution in [0.4, 0.5) is 0 Å². The molecular formula is C18H29NO2. The Hall–Kier alpha value is -1.22. The summed E-state index contributed by atoms with van der Waals surface area (Å²) in [5.41, 5.74) is 1.32. The van der Waals surface area contributed by atoms with Crippen LogP contribution >= 0.6 is 0 Å². The number of rotatable bonds is 7. The number of hydrogen-bond donors (Lipinski definition) is 1. The number of ether oxygens (including phenoxy) is 2. The Morgan fingerprint density at radius 2 is 1.95 bits per heavy atom. The molecule has 1 aliphatic rings. The highest BCUT2D eigenvalue weighted by Gasteiger charge is 2.28. The van der Waals surface area contributed by atoms with E-state index in [4.69, 9.17) is 9.47 Å². The molecule has 2 atom stereocenters. The van der Waals surface area contributed by atoms with Crippen molar-refractivity contribution in [3.63, 3.8) is 0 Å². The summed E-state index contributed by atoms with van der Waals surface area (Å²) in [6.07, 6.45) is 6.42. The van der Waals surface area contributed by atoms with E-state index in [-0.39, 0.29) is 0 Å². The van der Waals surface area contributed by atoms with Crippen LogP contribution in [0.25, 0.3) is 0 Å². The second kappa shape index (κ2) is 8.28. The van der Waals surface area contributed by atoms with Gasteiger partial charge >= 0.3 is 0 Å². The van der Waals surface area contributed by atoms with Crippen LogP contribution in [-0.2, 0) is 0 Å². The van der Waals surface area contributed by atoms with Gasteiger partial charge in [0.05, 0.1) is 14.2 Å². The summed E-state index contributed by atoms with van der Waals surface area (Å²) >= 11 is 0. The van der Waals surface area contributed by atoms with Gasteiger partial charge in [-0.15, -0.1) is 0 Å². The van der Waals surface area contributed by atoms with Crippen molar-refractivity contribution in [2.75, 3.05) is 27.3 Å². The molecule has 0 bridgehead atoms. The minimum atomic E-state index is 0.577. The minimum Gasteiger partial charge on any atom is -0.497 e. The van der Waals surface area contributed by atoms with E-state index in [1.54, 1.807) is 14.2 Å². The van der Waals surface area contributed by atoms with Gasteiger partial charge in [0, 0.05) is 5.56 Å². The number of nitrogens with one attached hydrogen (secondary N) is 1. The molecule has 1 saturated carbocycles. The van der Waals surface area contributed by atoms with Crippen LogP contribution in [0.15, 0.2) is 18.2 Å². The van der Waals surface area contributed by atoms with Gasteiger partial charge in [0.25, 0.3) is 0 Å². The van der Waals surface area contributed by atoms with Crippen LogP contribution in [-0.4, -0.2) is 27.3 Å². The van der Waals surface area contributed by atoms with Crippen LogP contribution in [0.3, 0.4) is 0 Å². The quantitative estimate of drug-likeness (QED) is 0.771. The molecule has 0 radical (unpaired) electrons. The van der Waals surface area contributed by atoms with Gasteiger partial charge in [0.15, 0.2) is 0 Å². The van der Waals surface area contributed by atoms with Crippen molar-refractivity contribution >= 4 is 0 Å². The molecule has 0 aliphatic heterocycles. The molecule has 3 heteroatoms. The summed E-state index contributed by atoms with van der Waals surface area (Å²) in [6, 6.07) is 6.19. The molecule has 21 heavy (non-hydrogen) atoms. The van der Waals surface area contributed by atoms with Crippen LogP contribution < -0.4 is 14.8 Å². The lowest BCUT2D eigenvalue weighted by molar-refractivity contribution is 0.287. The second-order valence-corrected chi connectivity index (χ2v) is 5.96. The minimum absolute atomic E-state index is 0.577. The molecule has 0 saturated heterocycles. The maximum Gasteiger partial charge on any atom is 0.122 e. The van der Waals surface area contributed by atoms with Crippen molar-refractivity contribution in [2.45, 2.75) is 44.9 Å². The number of hydrogen-bond acceptors (Lipinski definition) is 3. The lowest BCUT2D eigenvalue weighted by Gasteiger charge is -2.33. The molecule has 0 amide bonds. The van der Waals surface area contributed by atoms with Gasteiger partial charge in [-0.2, -0.15) is 0 Å². The Morgan fingerprint density at radius 3 is 2.67 bits per heavy atom. The van der Waals surface area contributed by atoms with Gasteiger partial charge < -0.3 is 14.8 Å². The molecule has 1 fully saturated rings. The fraction of sp³-hybridized carbons (Fsp3) is 0.667. The predicted octanol–water partition coefficient (Wildman–Crippen LogP) is 3.98. The number of benzene rings is 1. The molecule has 1 aromatic rings. The third-order valence-corrected chi connectivity index (χ3v) is 4.58. The molecule has 0 heterocycles. The molecule has 3 nitrogen and oxygen atoms in total. The molecule has 2 unspecified atom stereocenters. The van der Waals surface area contributed by atoms with E-state index in [0.717, 1.165) is 24.6 Å². The molecule has 2 rings (SSSR count). The van der Waals surface area contributed by atoms with Crippen molar-refractivity contribution in [3.8, 4) is 11.5 Å². The maximum absolute atomic E-state index is 5.60. The third-order valence-electron chi connectivity index (χ3n) is 4.58. The first-order valence-corrected chi connectivity index (χ1v) is 8.22. The molecule has 1 aromatic carbocycles. The van der Waals surface area contributed by atoms with Gasteiger partial charge in [-0.05, 0) is 62.4 Å². The van der Waals surface area contributed by atoms with Crippen molar-refractivity contribution in [2.24, 2.45) is 5.92 Å². The van der Waals surface area contributed by atoms with Crippen molar-refractivity contribution < 1.29 is 9.47 Å². The standard InChI is InChI=1S/C18H29NO2/c1-4-11-19-13-14-7-5-6-8-16(14)17-12-15(20-2)9-10-18(17)21-3/h9-10,12,14,16,19H,4-8,11,13H2,1-3H3. The fourth-order valence-electron chi connectivity index (χ4n) is 3.45. The maximum atomic E-state index is 5.60. The van der Waals surface area contributed by atoms with E-state index in [1.807, 2.05) is 12.1 Å². The normalized spacial score (nSPS) is 22.0. The summed E-state index contributed by atoms with van der Waals surface area (Å²) in [4.78, 5) is 0. The summed E-state index contributed by atoms with van der Waals surface area (Å²) < 4.78 is 11.0. The molecular weight excluding hydrogens is 262 g/mol. The summed E-state index contributed by atoms with van der Waals surface area (Å²) in [7, 11) is 3.49. The second-order valence-electron chi connectivity index (χ2n) is 5.96. The Kier molecular flexibility index (Phi) is 6.37. The first-order chi connectivity index (χ1) is 10.3. The Balaban J connectivity index is 2.19. The number of methoxy groups -OCH3 is 2. The van der Waals surface area contributed by atoms with E-state index in [2.05, 4.69) is 18.3 Å². The fourth-order valence-corrected chi connectivity index (χ4v) is 3.45. The highest BCUT2D eigenvalue weighted by atomic mass is 16.5. The molecule has 0 aromatic heterocycles. The topological polar surface area (TPSA) is 30.5 Å². The monoisotopic (exact) mass is 291 g/mol. The first-order valence-electron chi connectivity index (χ1n) is 8.22. The zero-order chi connectivity index (χ0) is 15.1. The Bertz CT molecular complexity index is 433. The average Bonchev–Trinajstić information content (AvgIpc) is 2.55. The molecule has 0 spiro atoms. The summed E-state index contributed by atoms with van der Waals surface area (Å²) in [6.45, 7) is 4.44. The van der Waals surface area contributed by atoms with E-state index in [0.29, 0.717) is 11.8 Å². The third kappa shape index (κ3) is 4.13. The smallest absolute Gasteiger partial charge is 0.122 e. The largest absolute Gasteiger partial charge is 0.497 e. The zero-order valence-corrected chi connectivity index (χ0v) is 13.7. The first kappa shape index (κ1) is 16.2. The molecule has 1 N–H and O–H groups in total. The Labute approximate surface area is 129 Å².